The van der Waals surface area contributed by atoms with E-state index in [-0.39, 0.29) is 28.6 Å². The van der Waals surface area contributed by atoms with Crippen molar-refractivity contribution < 1.29 is 18.7 Å². The van der Waals surface area contributed by atoms with E-state index in [4.69, 9.17) is 16.3 Å². The van der Waals surface area contributed by atoms with Crippen LogP contribution in [-0.2, 0) is 10.2 Å². The minimum absolute atomic E-state index is 0.0420. The molecule has 2 aromatic rings. The van der Waals surface area contributed by atoms with Crippen LogP contribution in [0.3, 0.4) is 0 Å². The van der Waals surface area contributed by atoms with E-state index in [2.05, 4.69) is 27.7 Å². The highest BCUT2D eigenvalue weighted by molar-refractivity contribution is 6.31. The van der Waals surface area contributed by atoms with Crippen LogP contribution in [0.15, 0.2) is 42.5 Å². The van der Waals surface area contributed by atoms with Crippen molar-refractivity contribution in [1.82, 2.24) is 15.1 Å². The van der Waals surface area contributed by atoms with Crippen molar-refractivity contribution in [3.63, 3.8) is 0 Å². The summed E-state index contributed by atoms with van der Waals surface area (Å²) in [6.07, 6.45) is 3.95. The van der Waals surface area contributed by atoms with Gasteiger partial charge in [0.25, 0.3) is 0 Å². The highest BCUT2D eigenvalue weighted by Gasteiger charge is 2.58. The quantitative estimate of drug-likeness (QED) is 0.438. The maximum absolute atomic E-state index is 13.7. The van der Waals surface area contributed by atoms with Crippen LogP contribution in [0.25, 0.3) is 0 Å². The molecular weight excluding hydrogens is 533 g/mol. The second-order valence-electron chi connectivity index (χ2n) is 11.1. The molecule has 4 atom stereocenters. The van der Waals surface area contributed by atoms with Gasteiger partial charge >= 0.3 is 12.1 Å². The first-order valence-electron chi connectivity index (χ1n) is 14.0. The van der Waals surface area contributed by atoms with E-state index in [1.807, 2.05) is 30.0 Å². The zero-order valence-electron chi connectivity index (χ0n) is 22.7. The topological polar surface area (TPSA) is 97.7 Å². The number of nitrogens with one attached hydrogen (secondary N) is 2. The number of likely N-dealkylation sites (tertiary alicyclic amines) is 1. The third kappa shape index (κ3) is 6.18. The van der Waals surface area contributed by atoms with Crippen molar-refractivity contribution in [2.24, 2.45) is 5.92 Å². The number of hydrogen-bond acceptors (Lipinski definition) is 5. The van der Waals surface area contributed by atoms with Gasteiger partial charge in [0.2, 0.25) is 0 Å². The lowest BCUT2D eigenvalue weighted by Crippen LogP contribution is -2.48. The Bertz CT molecular complexity index is 1300. The van der Waals surface area contributed by atoms with Crippen LogP contribution in [0, 0.1) is 23.1 Å². The number of ether oxygens (including phenoxy) is 1. The fourth-order valence-corrected chi connectivity index (χ4v) is 6.63. The van der Waals surface area contributed by atoms with Crippen molar-refractivity contribution >= 4 is 29.4 Å². The van der Waals surface area contributed by atoms with Gasteiger partial charge in [-0.25, -0.2) is 14.0 Å². The van der Waals surface area contributed by atoms with Crippen molar-refractivity contribution in [2.75, 3.05) is 38.0 Å². The molecule has 40 heavy (non-hydrogen) atoms. The van der Waals surface area contributed by atoms with Gasteiger partial charge in [0.15, 0.2) is 0 Å². The number of rotatable bonds is 8. The molecule has 5 rings (SSSR count). The Balaban J connectivity index is 1.25. The highest BCUT2D eigenvalue weighted by Crippen LogP contribution is 2.62. The van der Waals surface area contributed by atoms with E-state index in [1.54, 1.807) is 0 Å². The molecule has 0 radical (unpaired) electrons. The summed E-state index contributed by atoms with van der Waals surface area (Å²) in [5, 5.41) is 14.9. The van der Waals surface area contributed by atoms with Crippen molar-refractivity contribution in [1.29, 1.82) is 5.26 Å². The molecule has 3 fully saturated rings. The monoisotopic (exact) mass is 567 g/mol. The third-order valence-electron chi connectivity index (χ3n) is 8.63. The molecule has 3 aliphatic rings. The zero-order valence-corrected chi connectivity index (χ0v) is 23.4. The van der Waals surface area contributed by atoms with E-state index in [1.165, 1.54) is 23.8 Å². The standard InChI is InChI=1S/C30H35ClFN5O3/c1-2-34-29(39)40-25-9-11-36(19-25)12-13-37(28(38)35-23-6-7-27(32)26(31)16-23)24-8-10-30(17-22(30)15-24)21-5-3-4-20(14-21)18-33/h3-7,14,16,22,24-25H,2,8-13,15,17,19H2,1H3,(H,34,39)(H,35,38)/t22-,24+,25+,30+/m0/s1. The van der Waals surface area contributed by atoms with Gasteiger partial charge in [-0.3, -0.25) is 4.90 Å². The maximum Gasteiger partial charge on any atom is 0.407 e. The number of alkyl carbamates (subject to hydrolysis) is 1. The predicted octanol–water partition coefficient (Wildman–Crippen LogP) is 5.52. The molecule has 2 N–H and O–H groups in total. The first-order valence-corrected chi connectivity index (χ1v) is 14.4. The van der Waals surface area contributed by atoms with Gasteiger partial charge in [-0.15, -0.1) is 0 Å². The first-order chi connectivity index (χ1) is 19.3. The molecule has 1 aliphatic heterocycles. The number of carbonyl (C=O) groups excluding carboxylic acids is 2. The number of carbonyl (C=O) groups is 2. The maximum atomic E-state index is 13.7. The number of halogens is 2. The fraction of sp³-hybridized carbons (Fsp3) is 0.500. The molecule has 3 amide bonds. The molecule has 2 aliphatic carbocycles. The molecule has 1 saturated heterocycles. The lowest BCUT2D eigenvalue weighted by Gasteiger charge is -2.37. The Morgan fingerprint density at radius 3 is 2.88 bits per heavy atom. The summed E-state index contributed by atoms with van der Waals surface area (Å²) >= 11 is 5.95. The number of hydrogen-bond donors (Lipinski definition) is 2. The van der Waals surface area contributed by atoms with Crippen molar-refractivity contribution in [3.05, 3.63) is 64.4 Å². The van der Waals surface area contributed by atoms with Crippen LogP contribution >= 0.6 is 11.6 Å². The predicted molar refractivity (Wildman–Crippen MR) is 151 cm³/mol. The summed E-state index contributed by atoms with van der Waals surface area (Å²) in [6.45, 7) is 4.96. The molecule has 8 nitrogen and oxygen atoms in total. The van der Waals surface area contributed by atoms with E-state index < -0.39 is 11.9 Å². The first kappa shape index (κ1) is 28.2. The number of nitriles is 1. The average molecular weight is 568 g/mol. The minimum atomic E-state index is -0.534. The largest absolute Gasteiger partial charge is 0.445 e. The van der Waals surface area contributed by atoms with Crippen LogP contribution in [0.2, 0.25) is 5.02 Å². The van der Waals surface area contributed by atoms with E-state index in [9.17, 15) is 19.2 Å². The number of nitrogens with zero attached hydrogens (tertiary/aromatic N) is 3. The second kappa shape index (κ2) is 12.0. The molecule has 10 heteroatoms. The molecule has 1 heterocycles. The minimum Gasteiger partial charge on any atom is -0.445 e. The summed E-state index contributed by atoms with van der Waals surface area (Å²) < 4.78 is 19.2. The smallest absolute Gasteiger partial charge is 0.407 e. The lowest BCUT2D eigenvalue weighted by molar-refractivity contribution is 0.0990. The third-order valence-corrected chi connectivity index (χ3v) is 8.92. The van der Waals surface area contributed by atoms with Gasteiger partial charge in [-0.05, 0) is 86.3 Å². The number of benzene rings is 2. The average Bonchev–Trinajstić information content (AvgIpc) is 3.53. The Morgan fingerprint density at radius 1 is 1.27 bits per heavy atom. The Morgan fingerprint density at radius 2 is 2.12 bits per heavy atom. The van der Waals surface area contributed by atoms with Gasteiger partial charge in [-0.1, -0.05) is 23.7 Å². The van der Waals surface area contributed by atoms with Crippen LogP contribution in [-0.4, -0.2) is 66.8 Å². The van der Waals surface area contributed by atoms with Crippen LogP contribution in [0.5, 0.6) is 0 Å². The van der Waals surface area contributed by atoms with Gasteiger partial charge in [0, 0.05) is 44.5 Å². The Labute approximate surface area is 239 Å². The number of anilines is 1. The van der Waals surface area contributed by atoms with Gasteiger partial charge in [0.05, 0.1) is 16.7 Å². The summed E-state index contributed by atoms with van der Waals surface area (Å²) in [7, 11) is 0. The van der Waals surface area contributed by atoms with E-state index in [0.717, 1.165) is 38.6 Å². The molecule has 0 unspecified atom stereocenters. The van der Waals surface area contributed by atoms with Gasteiger partial charge in [0.1, 0.15) is 11.9 Å². The number of amides is 3. The Kier molecular flexibility index (Phi) is 8.48. The van der Waals surface area contributed by atoms with E-state index in [0.29, 0.717) is 43.3 Å². The number of fused-ring (bicyclic) bond motifs is 1. The molecule has 2 saturated carbocycles. The normalized spacial score (nSPS) is 25.4. The molecule has 212 valence electrons. The molecule has 2 aromatic carbocycles. The SMILES string of the molecule is CCNC(=O)O[C@@H]1CCN(CCN(C(=O)Nc2ccc(F)c(Cl)c2)[C@@H]2CC[C@]3(c4cccc(C#N)c4)C[C@@H]3C2)C1. The summed E-state index contributed by atoms with van der Waals surface area (Å²) in [4.78, 5) is 29.5. The second-order valence-corrected chi connectivity index (χ2v) is 11.5. The molecule has 0 bridgehead atoms. The molecule has 0 aromatic heterocycles. The van der Waals surface area contributed by atoms with Crippen LogP contribution < -0.4 is 10.6 Å². The summed E-state index contributed by atoms with van der Waals surface area (Å²) in [6, 6.07) is 14.2. The molecule has 0 spiro atoms. The van der Waals surface area contributed by atoms with Gasteiger partial charge < -0.3 is 20.3 Å². The van der Waals surface area contributed by atoms with E-state index >= 15 is 0 Å². The van der Waals surface area contributed by atoms with Gasteiger partial charge in [-0.2, -0.15) is 5.26 Å². The fourth-order valence-electron chi connectivity index (χ4n) is 6.45. The lowest BCUT2D eigenvalue weighted by atomic mass is 9.80. The van der Waals surface area contributed by atoms with Crippen LogP contribution in [0.1, 0.15) is 50.2 Å². The number of urea groups is 1. The zero-order chi connectivity index (χ0) is 28.3. The summed E-state index contributed by atoms with van der Waals surface area (Å²) in [5.74, 6) is -0.0785. The molecular formula is C30H35ClFN5O3. The van der Waals surface area contributed by atoms with Crippen molar-refractivity contribution in [2.45, 2.75) is 56.6 Å². The summed E-state index contributed by atoms with van der Waals surface area (Å²) in [5.41, 5.74) is 2.44. The van der Waals surface area contributed by atoms with Crippen LogP contribution in [0.4, 0.5) is 19.7 Å². The Hall–Kier alpha value is -3.35. The van der Waals surface area contributed by atoms with Crippen molar-refractivity contribution in [3.8, 4) is 6.07 Å². The highest BCUT2D eigenvalue weighted by atomic mass is 35.5.